The second kappa shape index (κ2) is 5.83. The molecule has 0 bridgehead atoms. The van der Waals surface area contributed by atoms with E-state index in [9.17, 15) is 0 Å². The van der Waals surface area contributed by atoms with E-state index >= 15 is 0 Å². The quantitative estimate of drug-likeness (QED) is 0.877. The first-order chi connectivity index (χ1) is 8.66. The van der Waals surface area contributed by atoms with Crippen molar-refractivity contribution in [1.29, 1.82) is 0 Å². The van der Waals surface area contributed by atoms with Crippen molar-refractivity contribution in [3.05, 3.63) is 53.2 Å². The molecule has 0 aliphatic carbocycles. The number of nitrogens with one attached hydrogen (secondary N) is 1. The highest BCUT2D eigenvalue weighted by molar-refractivity contribution is 5.20. The smallest absolute Gasteiger partial charge is 0.121 e. The molecular formula is C15H20N2O. The molecule has 0 aromatic carbocycles. The van der Waals surface area contributed by atoms with E-state index < -0.39 is 0 Å². The van der Waals surface area contributed by atoms with Crippen LogP contribution in [-0.2, 0) is 6.42 Å². The van der Waals surface area contributed by atoms with E-state index in [-0.39, 0.29) is 6.04 Å². The summed E-state index contributed by atoms with van der Waals surface area (Å²) in [6, 6.07) is 8.35. The van der Waals surface area contributed by atoms with E-state index in [4.69, 9.17) is 4.42 Å². The molecule has 1 N–H and O–H groups in total. The fourth-order valence-electron chi connectivity index (χ4n) is 1.88. The Morgan fingerprint density at radius 3 is 2.78 bits per heavy atom. The Morgan fingerprint density at radius 1 is 1.33 bits per heavy atom. The van der Waals surface area contributed by atoms with Gasteiger partial charge >= 0.3 is 0 Å². The summed E-state index contributed by atoms with van der Waals surface area (Å²) in [5, 5.41) is 3.45. The summed E-state index contributed by atoms with van der Waals surface area (Å²) in [6.45, 7) is 7.09. The van der Waals surface area contributed by atoms with Crippen LogP contribution in [0.3, 0.4) is 0 Å². The number of aryl methyl sites for hydroxylation is 2. The topological polar surface area (TPSA) is 38.1 Å². The maximum atomic E-state index is 5.70. The van der Waals surface area contributed by atoms with Crippen molar-refractivity contribution < 1.29 is 4.42 Å². The summed E-state index contributed by atoms with van der Waals surface area (Å²) in [6.07, 6.45) is 2.77. The summed E-state index contributed by atoms with van der Waals surface area (Å²) < 4.78 is 5.70. The van der Waals surface area contributed by atoms with E-state index in [1.54, 1.807) is 0 Å². The van der Waals surface area contributed by atoms with Gasteiger partial charge in [0.05, 0.1) is 6.04 Å². The second-order valence-electron chi connectivity index (χ2n) is 4.63. The molecule has 0 aliphatic heterocycles. The third kappa shape index (κ3) is 3.20. The molecule has 18 heavy (non-hydrogen) atoms. The van der Waals surface area contributed by atoms with Crippen LogP contribution in [-0.4, -0.2) is 11.5 Å². The average Bonchev–Trinajstić information content (AvgIpc) is 2.71. The maximum absolute atomic E-state index is 5.70. The number of pyridine rings is 1. The van der Waals surface area contributed by atoms with Gasteiger partial charge in [-0.1, -0.05) is 6.07 Å². The lowest BCUT2D eigenvalue weighted by atomic mass is 10.2. The SMILES string of the molecule is Cc1cc(C(C)NCCc2ccccn2)oc1C. The Bertz CT molecular complexity index is 471. The zero-order valence-electron chi connectivity index (χ0n) is 11.2. The molecular weight excluding hydrogens is 224 g/mol. The van der Waals surface area contributed by atoms with Gasteiger partial charge in [0.1, 0.15) is 11.5 Å². The van der Waals surface area contributed by atoms with Crippen molar-refractivity contribution in [2.24, 2.45) is 0 Å². The van der Waals surface area contributed by atoms with E-state index in [1.165, 1.54) is 5.56 Å². The summed E-state index contributed by atoms with van der Waals surface area (Å²) in [4.78, 5) is 4.30. The Kier molecular flexibility index (Phi) is 4.15. The van der Waals surface area contributed by atoms with Gasteiger partial charge in [-0.15, -0.1) is 0 Å². The molecule has 0 fully saturated rings. The van der Waals surface area contributed by atoms with Crippen LogP contribution in [0.2, 0.25) is 0 Å². The number of furan rings is 1. The van der Waals surface area contributed by atoms with E-state index in [0.717, 1.165) is 30.2 Å². The monoisotopic (exact) mass is 244 g/mol. The molecule has 3 nitrogen and oxygen atoms in total. The van der Waals surface area contributed by atoms with Crippen LogP contribution in [0.4, 0.5) is 0 Å². The minimum absolute atomic E-state index is 0.237. The predicted molar refractivity (Wildman–Crippen MR) is 72.5 cm³/mol. The first-order valence-electron chi connectivity index (χ1n) is 6.37. The van der Waals surface area contributed by atoms with Crippen molar-refractivity contribution in [2.75, 3.05) is 6.54 Å². The van der Waals surface area contributed by atoms with Gasteiger partial charge in [0.25, 0.3) is 0 Å². The fourth-order valence-corrected chi connectivity index (χ4v) is 1.88. The van der Waals surface area contributed by atoms with Crippen molar-refractivity contribution in [1.82, 2.24) is 10.3 Å². The van der Waals surface area contributed by atoms with E-state index in [1.807, 2.05) is 31.3 Å². The van der Waals surface area contributed by atoms with Crippen LogP contribution in [0.5, 0.6) is 0 Å². The maximum Gasteiger partial charge on any atom is 0.121 e. The van der Waals surface area contributed by atoms with Crippen molar-refractivity contribution in [3.63, 3.8) is 0 Å². The van der Waals surface area contributed by atoms with Crippen molar-refractivity contribution in [2.45, 2.75) is 33.2 Å². The minimum Gasteiger partial charge on any atom is -0.464 e. The molecule has 0 saturated heterocycles. The van der Waals surface area contributed by atoms with Gasteiger partial charge < -0.3 is 9.73 Å². The zero-order chi connectivity index (χ0) is 13.0. The van der Waals surface area contributed by atoms with E-state index in [2.05, 4.69) is 30.2 Å². The number of nitrogens with zero attached hydrogens (tertiary/aromatic N) is 1. The van der Waals surface area contributed by atoms with Gasteiger partial charge in [-0.3, -0.25) is 4.98 Å². The Balaban J connectivity index is 1.83. The van der Waals surface area contributed by atoms with Gasteiger partial charge in [0, 0.05) is 24.9 Å². The number of hydrogen-bond donors (Lipinski definition) is 1. The predicted octanol–water partition coefficient (Wildman–Crippen LogP) is 3.18. The first-order valence-corrected chi connectivity index (χ1v) is 6.37. The molecule has 2 heterocycles. The Morgan fingerprint density at radius 2 is 2.17 bits per heavy atom. The van der Waals surface area contributed by atoms with Crippen LogP contribution in [0.25, 0.3) is 0 Å². The molecule has 1 unspecified atom stereocenters. The molecule has 1 atom stereocenters. The first kappa shape index (κ1) is 12.8. The van der Waals surface area contributed by atoms with Crippen LogP contribution in [0.15, 0.2) is 34.9 Å². The standard InChI is InChI=1S/C15H20N2O/c1-11-10-15(18-13(11)3)12(2)16-9-7-14-6-4-5-8-17-14/h4-6,8,10,12,16H,7,9H2,1-3H3. The molecule has 96 valence electrons. The van der Waals surface area contributed by atoms with Gasteiger partial charge in [-0.05, 0) is 44.5 Å². The van der Waals surface area contributed by atoms with Crippen LogP contribution in [0, 0.1) is 13.8 Å². The summed E-state index contributed by atoms with van der Waals surface area (Å²) in [5.41, 5.74) is 2.33. The average molecular weight is 244 g/mol. The van der Waals surface area contributed by atoms with Crippen LogP contribution in [0.1, 0.15) is 35.7 Å². The van der Waals surface area contributed by atoms with Gasteiger partial charge in [0.2, 0.25) is 0 Å². The molecule has 2 aromatic rings. The largest absolute Gasteiger partial charge is 0.464 e. The zero-order valence-corrected chi connectivity index (χ0v) is 11.2. The molecule has 2 rings (SSSR count). The number of hydrogen-bond acceptors (Lipinski definition) is 3. The summed E-state index contributed by atoms with van der Waals surface area (Å²) in [5.74, 6) is 2.01. The lowest BCUT2D eigenvalue weighted by molar-refractivity contribution is 0.417. The Labute approximate surface area is 108 Å². The fraction of sp³-hybridized carbons (Fsp3) is 0.400. The highest BCUT2D eigenvalue weighted by Gasteiger charge is 2.10. The third-order valence-electron chi connectivity index (χ3n) is 3.17. The lowest BCUT2D eigenvalue weighted by Gasteiger charge is -2.10. The van der Waals surface area contributed by atoms with Crippen molar-refractivity contribution in [3.8, 4) is 0 Å². The number of rotatable bonds is 5. The highest BCUT2D eigenvalue weighted by Crippen LogP contribution is 2.19. The van der Waals surface area contributed by atoms with Gasteiger partial charge in [0.15, 0.2) is 0 Å². The molecule has 0 saturated carbocycles. The minimum atomic E-state index is 0.237. The lowest BCUT2D eigenvalue weighted by Crippen LogP contribution is -2.21. The summed E-state index contributed by atoms with van der Waals surface area (Å²) in [7, 11) is 0. The van der Waals surface area contributed by atoms with Crippen molar-refractivity contribution >= 4 is 0 Å². The van der Waals surface area contributed by atoms with E-state index in [0.29, 0.717) is 0 Å². The normalized spacial score (nSPS) is 12.6. The molecule has 0 spiro atoms. The van der Waals surface area contributed by atoms with Crippen LogP contribution >= 0.6 is 0 Å². The Hall–Kier alpha value is -1.61. The van der Waals surface area contributed by atoms with Gasteiger partial charge in [-0.2, -0.15) is 0 Å². The highest BCUT2D eigenvalue weighted by atomic mass is 16.3. The van der Waals surface area contributed by atoms with Gasteiger partial charge in [-0.25, -0.2) is 0 Å². The third-order valence-corrected chi connectivity index (χ3v) is 3.17. The summed E-state index contributed by atoms with van der Waals surface area (Å²) >= 11 is 0. The molecule has 0 amide bonds. The number of aromatic nitrogens is 1. The molecule has 3 heteroatoms. The molecule has 2 aromatic heterocycles. The second-order valence-corrected chi connectivity index (χ2v) is 4.63. The molecule has 0 radical (unpaired) electrons. The molecule has 0 aliphatic rings. The van der Waals surface area contributed by atoms with Crippen LogP contribution < -0.4 is 5.32 Å².